The Bertz CT molecular complexity index is 358. The first kappa shape index (κ1) is 7.91. The van der Waals surface area contributed by atoms with Gasteiger partial charge < -0.3 is 15.4 Å². The van der Waals surface area contributed by atoms with Crippen LogP contribution in [0.25, 0.3) is 0 Å². The molecule has 0 unspecified atom stereocenters. The lowest BCUT2D eigenvalue weighted by molar-refractivity contribution is -0.114. The van der Waals surface area contributed by atoms with E-state index >= 15 is 0 Å². The van der Waals surface area contributed by atoms with Gasteiger partial charge in [0, 0.05) is 8.92 Å². The fourth-order valence-electron chi connectivity index (χ4n) is 1.28. The van der Waals surface area contributed by atoms with Crippen LogP contribution in [0, 0.1) is 0 Å². The molecule has 13 heavy (non-hydrogen) atoms. The van der Waals surface area contributed by atoms with Gasteiger partial charge in [0.25, 0.3) is 0 Å². The summed E-state index contributed by atoms with van der Waals surface area (Å²) in [6, 6.07) is 5.52. The molecule has 1 aromatic rings. The van der Waals surface area contributed by atoms with Crippen LogP contribution in [-0.4, -0.2) is 19.6 Å². The molecule has 4 heteroatoms. The minimum absolute atomic E-state index is 0. The highest BCUT2D eigenvalue weighted by atomic mass is 16.5. The van der Waals surface area contributed by atoms with Crippen molar-refractivity contribution in [2.75, 3.05) is 24.3 Å². The Hall–Kier alpha value is -1.71. The molecule has 1 aliphatic heterocycles. The van der Waals surface area contributed by atoms with Gasteiger partial charge in [-0.3, -0.25) is 4.79 Å². The van der Waals surface area contributed by atoms with Gasteiger partial charge in [-0.25, -0.2) is 0 Å². The van der Waals surface area contributed by atoms with Gasteiger partial charge >= 0.3 is 0 Å². The monoisotopic (exact) mass is 182 g/mol. The molecule has 1 aromatic carbocycles. The number of ether oxygens (including phenoxy) is 1. The summed E-state index contributed by atoms with van der Waals surface area (Å²) in [4.78, 5) is 11.0. The van der Waals surface area contributed by atoms with Crippen molar-refractivity contribution in [3.63, 3.8) is 0 Å². The zero-order valence-corrected chi connectivity index (χ0v) is 7.26. The lowest BCUT2D eigenvalue weighted by Gasteiger charge is -2.18. The van der Waals surface area contributed by atoms with Crippen molar-refractivity contribution in [3.8, 4) is 5.75 Å². The molecule has 0 spiro atoms. The van der Waals surface area contributed by atoms with E-state index in [4.69, 9.17) is 4.74 Å². The number of carbonyl (C=O) groups is 1. The Morgan fingerprint density at radius 3 is 3.08 bits per heavy atom. The Kier molecular flexibility index (Phi) is 1.81. The second kappa shape index (κ2) is 2.97. The van der Waals surface area contributed by atoms with E-state index in [1.54, 1.807) is 13.2 Å². The predicted octanol–water partition coefficient (Wildman–Crippen LogP) is 1.55. The fourth-order valence-corrected chi connectivity index (χ4v) is 1.28. The van der Waals surface area contributed by atoms with E-state index in [0.29, 0.717) is 6.54 Å². The van der Waals surface area contributed by atoms with E-state index in [9.17, 15) is 4.79 Å². The summed E-state index contributed by atoms with van der Waals surface area (Å²) in [6.07, 6.45) is 0. The molecule has 72 valence electrons. The zero-order valence-electron chi connectivity index (χ0n) is 7.26. The number of hydrogen-bond acceptors (Lipinski definition) is 3. The van der Waals surface area contributed by atoms with Crippen molar-refractivity contribution >= 4 is 17.3 Å². The number of rotatable bonds is 1. The van der Waals surface area contributed by atoms with Crippen molar-refractivity contribution in [1.82, 2.24) is 0 Å². The smallest absolute Gasteiger partial charge is 0.243 e. The largest absolute Gasteiger partial charge is 0.497 e. The van der Waals surface area contributed by atoms with Crippen molar-refractivity contribution in [1.29, 1.82) is 0 Å². The topological polar surface area (TPSA) is 50.4 Å². The minimum atomic E-state index is -0.0271. The number of hydrogen-bond donors (Lipinski definition) is 2. The van der Waals surface area contributed by atoms with Crippen molar-refractivity contribution in [3.05, 3.63) is 18.2 Å². The number of benzene rings is 1. The second-order valence-electron chi connectivity index (χ2n) is 2.81. The summed E-state index contributed by atoms with van der Waals surface area (Å²) >= 11 is 0. The van der Waals surface area contributed by atoms with E-state index in [1.165, 1.54) is 0 Å². The molecule has 0 radical (unpaired) electrons. The van der Waals surface area contributed by atoms with Crippen LogP contribution in [0.4, 0.5) is 11.4 Å². The number of amides is 1. The number of methoxy groups -OCH3 is 1. The summed E-state index contributed by atoms with van der Waals surface area (Å²) in [5.74, 6) is 0.712. The highest BCUT2D eigenvalue weighted by Gasteiger charge is 2.13. The van der Waals surface area contributed by atoms with E-state index in [0.717, 1.165) is 17.1 Å². The van der Waals surface area contributed by atoms with Crippen LogP contribution in [0.1, 0.15) is 2.85 Å². The van der Waals surface area contributed by atoms with Crippen molar-refractivity contribution < 1.29 is 12.4 Å². The normalized spacial score (nSPS) is 14.1. The third-order valence-electron chi connectivity index (χ3n) is 1.94. The molecule has 2 rings (SSSR count). The summed E-state index contributed by atoms with van der Waals surface area (Å²) in [6.45, 7) is 0.333. The molecule has 0 aliphatic carbocycles. The molecule has 2 N–H and O–H groups in total. The molecule has 1 aliphatic rings. The predicted molar refractivity (Wildman–Crippen MR) is 54.3 cm³/mol. The Morgan fingerprint density at radius 2 is 2.31 bits per heavy atom. The molecule has 0 atom stereocenters. The molecule has 0 fully saturated rings. The molecule has 1 amide bonds. The molecule has 0 bridgehead atoms. The summed E-state index contributed by atoms with van der Waals surface area (Å²) in [5.41, 5.74) is 1.70. The molecule has 0 saturated carbocycles. The highest BCUT2D eigenvalue weighted by Crippen LogP contribution is 2.28. The van der Waals surface area contributed by atoms with E-state index in [-0.39, 0.29) is 8.76 Å². The maximum atomic E-state index is 11.0. The van der Waals surface area contributed by atoms with Gasteiger partial charge in [0.1, 0.15) is 5.75 Å². The van der Waals surface area contributed by atoms with Crippen LogP contribution in [0.2, 0.25) is 0 Å². The fraction of sp³-hybridized carbons (Fsp3) is 0.222. The summed E-state index contributed by atoms with van der Waals surface area (Å²) in [5, 5.41) is 5.75. The third-order valence-corrected chi connectivity index (χ3v) is 1.94. The van der Waals surface area contributed by atoms with Gasteiger partial charge in [-0.1, -0.05) is 0 Å². The highest BCUT2D eigenvalue weighted by molar-refractivity contribution is 6.00. The second-order valence-corrected chi connectivity index (χ2v) is 2.81. The van der Waals surface area contributed by atoms with Crippen LogP contribution in [0.15, 0.2) is 18.2 Å². The Morgan fingerprint density at radius 1 is 1.46 bits per heavy atom. The van der Waals surface area contributed by atoms with Gasteiger partial charge in [-0.2, -0.15) is 0 Å². The SMILES string of the molecule is COc1ccc2c(c1)NC(=O)CN2.[HH].[HH]. The number of anilines is 2. The zero-order chi connectivity index (χ0) is 9.26. The van der Waals surface area contributed by atoms with E-state index in [1.807, 2.05) is 12.1 Å². The number of fused-ring (bicyclic) bond motifs is 1. The standard InChI is InChI=1S/C9H10N2O2.2H2/c1-13-6-2-3-7-8(4-6)11-9(12)5-10-7;;/h2-4,10H,5H2,1H3,(H,11,12);2*1H. The van der Waals surface area contributed by atoms with Gasteiger partial charge in [0.05, 0.1) is 25.0 Å². The van der Waals surface area contributed by atoms with Crippen LogP contribution < -0.4 is 15.4 Å². The Balaban J connectivity index is 0.000000980. The van der Waals surface area contributed by atoms with Crippen LogP contribution in [0.5, 0.6) is 5.75 Å². The maximum absolute atomic E-state index is 11.0. The van der Waals surface area contributed by atoms with Crippen molar-refractivity contribution in [2.24, 2.45) is 0 Å². The Labute approximate surface area is 78.9 Å². The van der Waals surface area contributed by atoms with E-state index in [2.05, 4.69) is 10.6 Å². The maximum Gasteiger partial charge on any atom is 0.243 e. The van der Waals surface area contributed by atoms with Crippen LogP contribution in [0.3, 0.4) is 0 Å². The average Bonchev–Trinajstić information content (AvgIpc) is 2.16. The molecule has 0 saturated heterocycles. The van der Waals surface area contributed by atoms with Crippen molar-refractivity contribution in [2.45, 2.75) is 0 Å². The van der Waals surface area contributed by atoms with Crippen LogP contribution >= 0.6 is 0 Å². The first-order valence-electron chi connectivity index (χ1n) is 4.01. The average molecular weight is 182 g/mol. The number of carbonyl (C=O) groups excluding carboxylic acids is 1. The quantitative estimate of drug-likeness (QED) is 0.692. The van der Waals surface area contributed by atoms with Gasteiger partial charge in [0.15, 0.2) is 0 Å². The molecular weight excluding hydrogens is 168 g/mol. The molecular formula is C9H14N2O2. The third kappa shape index (κ3) is 1.42. The molecule has 4 nitrogen and oxygen atoms in total. The first-order valence-corrected chi connectivity index (χ1v) is 4.01. The van der Waals surface area contributed by atoms with Gasteiger partial charge in [-0.15, -0.1) is 0 Å². The summed E-state index contributed by atoms with van der Waals surface area (Å²) < 4.78 is 5.04. The lowest BCUT2D eigenvalue weighted by atomic mass is 10.2. The van der Waals surface area contributed by atoms with E-state index < -0.39 is 0 Å². The lowest BCUT2D eigenvalue weighted by Crippen LogP contribution is -2.27. The molecule has 1 heterocycles. The summed E-state index contributed by atoms with van der Waals surface area (Å²) in [7, 11) is 1.60. The van der Waals surface area contributed by atoms with Crippen LogP contribution in [-0.2, 0) is 4.79 Å². The minimum Gasteiger partial charge on any atom is -0.497 e. The number of nitrogens with one attached hydrogen (secondary N) is 2. The molecule has 0 aromatic heterocycles. The first-order chi connectivity index (χ1) is 6.29. The van der Waals surface area contributed by atoms with Gasteiger partial charge in [0.2, 0.25) is 5.91 Å². The van der Waals surface area contributed by atoms with Gasteiger partial charge in [-0.05, 0) is 12.1 Å².